The highest BCUT2D eigenvalue weighted by Crippen LogP contribution is 2.32. The lowest BCUT2D eigenvalue weighted by molar-refractivity contribution is -0.120. The summed E-state index contributed by atoms with van der Waals surface area (Å²) in [5.74, 6) is 0.396. The lowest BCUT2D eigenvalue weighted by atomic mass is 10.1. The van der Waals surface area contributed by atoms with Crippen LogP contribution in [-0.4, -0.2) is 22.2 Å². The summed E-state index contributed by atoms with van der Waals surface area (Å²) in [4.78, 5) is 12.1. The molecular formula is C23H24FN3O2. The fraction of sp³-hybridized carbons (Fsp3) is 0.217. The molecule has 0 saturated carbocycles. The molecule has 0 fully saturated rings. The van der Waals surface area contributed by atoms with Crippen molar-refractivity contribution in [3.05, 3.63) is 83.8 Å². The van der Waals surface area contributed by atoms with Crippen LogP contribution >= 0.6 is 0 Å². The maximum atomic E-state index is 13.7. The van der Waals surface area contributed by atoms with E-state index in [0.29, 0.717) is 24.6 Å². The SMILES string of the molecule is C=CCNC(=O)CCc1c(C)nn(-c2ccccc2C)c1Oc1cccc(F)c1. The fourth-order valence-corrected chi connectivity index (χ4v) is 3.05. The van der Waals surface area contributed by atoms with Crippen LogP contribution in [0.1, 0.15) is 23.2 Å². The van der Waals surface area contributed by atoms with E-state index in [9.17, 15) is 9.18 Å². The van der Waals surface area contributed by atoms with Crippen molar-refractivity contribution in [2.24, 2.45) is 0 Å². The number of hydrogen-bond acceptors (Lipinski definition) is 3. The molecule has 0 unspecified atom stereocenters. The smallest absolute Gasteiger partial charge is 0.226 e. The number of carbonyl (C=O) groups is 1. The van der Waals surface area contributed by atoms with Gasteiger partial charge < -0.3 is 10.1 Å². The Bertz CT molecular complexity index is 1030. The summed E-state index contributed by atoms with van der Waals surface area (Å²) in [7, 11) is 0. The van der Waals surface area contributed by atoms with Crippen molar-refractivity contribution in [1.29, 1.82) is 0 Å². The molecule has 0 aliphatic rings. The zero-order valence-corrected chi connectivity index (χ0v) is 16.6. The monoisotopic (exact) mass is 393 g/mol. The number of benzene rings is 2. The molecule has 2 aromatic carbocycles. The first-order valence-electron chi connectivity index (χ1n) is 9.45. The number of ether oxygens (including phenoxy) is 1. The number of aromatic nitrogens is 2. The number of nitrogens with one attached hydrogen (secondary N) is 1. The predicted octanol–water partition coefficient (Wildman–Crippen LogP) is 4.66. The Labute approximate surface area is 169 Å². The molecule has 150 valence electrons. The Kier molecular flexibility index (Phi) is 6.44. The Hall–Kier alpha value is -3.41. The van der Waals surface area contributed by atoms with Gasteiger partial charge in [-0.1, -0.05) is 30.3 Å². The topological polar surface area (TPSA) is 56.2 Å². The Morgan fingerprint density at radius 3 is 2.76 bits per heavy atom. The molecule has 29 heavy (non-hydrogen) atoms. The van der Waals surface area contributed by atoms with Crippen LogP contribution in [0.4, 0.5) is 4.39 Å². The van der Waals surface area contributed by atoms with Gasteiger partial charge in [0.25, 0.3) is 0 Å². The molecule has 3 aromatic rings. The maximum absolute atomic E-state index is 13.7. The standard InChI is InChI=1S/C23H24FN3O2/c1-4-14-25-22(28)13-12-20-17(3)26-27(21-11-6-5-8-16(21)2)23(20)29-19-10-7-9-18(24)15-19/h4-11,15H,1,12-14H2,2-3H3,(H,25,28). The summed E-state index contributed by atoms with van der Waals surface area (Å²) in [5.41, 5.74) is 3.46. The van der Waals surface area contributed by atoms with Gasteiger partial charge in [-0.05, 0) is 44.0 Å². The normalized spacial score (nSPS) is 10.6. The first-order valence-corrected chi connectivity index (χ1v) is 9.45. The third-order valence-electron chi connectivity index (χ3n) is 4.54. The van der Waals surface area contributed by atoms with E-state index in [4.69, 9.17) is 4.74 Å². The van der Waals surface area contributed by atoms with Gasteiger partial charge >= 0.3 is 0 Å². The van der Waals surface area contributed by atoms with Crippen LogP contribution in [0.3, 0.4) is 0 Å². The van der Waals surface area contributed by atoms with Crippen molar-refractivity contribution >= 4 is 5.91 Å². The number of para-hydroxylation sites is 1. The van der Waals surface area contributed by atoms with Gasteiger partial charge in [-0.25, -0.2) is 4.39 Å². The van der Waals surface area contributed by atoms with Gasteiger partial charge in [0.1, 0.15) is 11.6 Å². The lowest BCUT2D eigenvalue weighted by Gasteiger charge is -2.13. The molecule has 0 saturated heterocycles. The molecule has 0 radical (unpaired) electrons. The van der Waals surface area contributed by atoms with Gasteiger partial charge in [-0.15, -0.1) is 6.58 Å². The van der Waals surface area contributed by atoms with E-state index in [2.05, 4.69) is 17.0 Å². The largest absolute Gasteiger partial charge is 0.439 e. The molecule has 1 amide bonds. The minimum atomic E-state index is -0.383. The van der Waals surface area contributed by atoms with Crippen molar-refractivity contribution in [3.63, 3.8) is 0 Å². The van der Waals surface area contributed by atoms with Gasteiger partial charge in [-0.2, -0.15) is 9.78 Å². The van der Waals surface area contributed by atoms with Gasteiger partial charge in [0.05, 0.1) is 11.4 Å². The highest BCUT2D eigenvalue weighted by molar-refractivity contribution is 5.76. The van der Waals surface area contributed by atoms with Crippen molar-refractivity contribution < 1.29 is 13.9 Å². The summed E-state index contributed by atoms with van der Waals surface area (Å²) in [6.07, 6.45) is 2.37. The number of amides is 1. The Morgan fingerprint density at radius 2 is 2.03 bits per heavy atom. The summed E-state index contributed by atoms with van der Waals surface area (Å²) >= 11 is 0. The quantitative estimate of drug-likeness (QED) is 0.567. The minimum Gasteiger partial charge on any atom is -0.439 e. The molecule has 1 heterocycles. The van der Waals surface area contributed by atoms with E-state index in [1.807, 2.05) is 38.1 Å². The average molecular weight is 393 g/mol. The zero-order chi connectivity index (χ0) is 20.8. The van der Waals surface area contributed by atoms with Crippen molar-refractivity contribution in [2.45, 2.75) is 26.7 Å². The predicted molar refractivity (Wildman–Crippen MR) is 111 cm³/mol. The minimum absolute atomic E-state index is 0.0790. The molecule has 0 atom stereocenters. The van der Waals surface area contributed by atoms with E-state index in [-0.39, 0.29) is 18.1 Å². The van der Waals surface area contributed by atoms with Crippen LogP contribution in [-0.2, 0) is 11.2 Å². The highest BCUT2D eigenvalue weighted by atomic mass is 19.1. The number of nitrogens with zero attached hydrogens (tertiary/aromatic N) is 2. The lowest BCUT2D eigenvalue weighted by Crippen LogP contribution is -2.23. The van der Waals surface area contributed by atoms with E-state index >= 15 is 0 Å². The second-order valence-corrected chi connectivity index (χ2v) is 6.72. The Balaban J connectivity index is 1.99. The van der Waals surface area contributed by atoms with Crippen LogP contribution in [0.25, 0.3) is 5.69 Å². The van der Waals surface area contributed by atoms with Gasteiger partial charge in [0.2, 0.25) is 11.8 Å². The first-order chi connectivity index (χ1) is 14.0. The second-order valence-electron chi connectivity index (χ2n) is 6.72. The number of halogens is 1. The van der Waals surface area contributed by atoms with E-state index in [1.165, 1.54) is 12.1 Å². The number of aryl methyl sites for hydroxylation is 2. The van der Waals surface area contributed by atoms with Crippen LogP contribution in [0.2, 0.25) is 0 Å². The molecule has 0 spiro atoms. The van der Waals surface area contributed by atoms with E-state index in [0.717, 1.165) is 22.5 Å². The molecule has 0 aliphatic heterocycles. The third kappa shape index (κ3) is 4.90. The number of hydrogen-bond donors (Lipinski definition) is 1. The third-order valence-corrected chi connectivity index (χ3v) is 4.54. The highest BCUT2D eigenvalue weighted by Gasteiger charge is 2.20. The molecule has 0 bridgehead atoms. The number of carbonyl (C=O) groups excluding carboxylic acids is 1. The van der Waals surface area contributed by atoms with Gasteiger partial charge in [0.15, 0.2) is 0 Å². The van der Waals surface area contributed by atoms with Crippen LogP contribution in [0, 0.1) is 19.7 Å². The summed E-state index contributed by atoms with van der Waals surface area (Å²) in [5, 5.41) is 7.42. The average Bonchev–Trinajstić information content (AvgIpc) is 3.00. The van der Waals surface area contributed by atoms with Crippen molar-refractivity contribution in [3.8, 4) is 17.3 Å². The van der Waals surface area contributed by atoms with E-state index < -0.39 is 0 Å². The first kappa shape index (κ1) is 20.3. The van der Waals surface area contributed by atoms with Crippen LogP contribution in [0.5, 0.6) is 11.6 Å². The number of rotatable bonds is 8. The van der Waals surface area contributed by atoms with Crippen molar-refractivity contribution in [2.75, 3.05) is 6.54 Å². The molecule has 1 aromatic heterocycles. The van der Waals surface area contributed by atoms with Crippen LogP contribution < -0.4 is 10.1 Å². The molecule has 1 N–H and O–H groups in total. The Morgan fingerprint density at radius 1 is 1.24 bits per heavy atom. The molecule has 6 heteroatoms. The molecular weight excluding hydrogens is 369 g/mol. The van der Waals surface area contributed by atoms with Crippen LogP contribution in [0.15, 0.2) is 61.2 Å². The van der Waals surface area contributed by atoms with Gasteiger partial charge in [-0.3, -0.25) is 4.79 Å². The van der Waals surface area contributed by atoms with Gasteiger partial charge in [0, 0.05) is 24.6 Å². The molecule has 5 nitrogen and oxygen atoms in total. The van der Waals surface area contributed by atoms with E-state index in [1.54, 1.807) is 22.9 Å². The molecule has 3 rings (SSSR count). The summed E-state index contributed by atoms with van der Waals surface area (Å²) in [6.45, 7) is 7.89. The zero-order valence-electron chi connectivity index (χ0n) is 16.6. The van der Waals surface area contributed by atoms with Crippen molar-refractivity contribution in [1.82, 2.24) is 15.1 Å². The molecule has 0 aliphatic carbocycles. The summed E-state index contributed by atoms with van der Waals surface area (Å²) < 4.78 is 21.5. The second kappa shape index (κ2) is 9.19. The summed E-state index contributed by atoms with van der Waals surface area (Å²) in [6, 6.07) is 13.8. The maximum Gasteiger partial charge on any atom is 0.226 e. The fourth-order valence-electron chi connectivity index (χ4n) is 3.05.